The van der Waals surface area contributed by atoms with E-state index >= 15 is 0 Å². The second kappa shape index (κ2) is 6.32. The summed E-state index contributed by atoms with van der Waals surface area (Å²) in [5.74, 6) is -0.731. The Morgan fingerprint density at radius 3 is 2.92 bits per heavy atom. The van der Waals surface area contributed by atoms with Crippen LogP contribution in [0.2, 0.25) is 0 Å². The van der Waals surface area contributed by atoms with Crippen molar-refractivity contribution in [3.8, 4) is 5.69 Å². The minimum Gasteiger partial charge on any atom is -0.266 e. The zero-order chi connectivity index (χ0) is 17.3. The third-order valence-corrected chi connectivity index (χ3v) is 4.67. The fourth-order valence-corrected chi connectivity index (χ4v) is 3.52. The van der Waals surface area contributed by atoms with E-state index in [0.717, 1.165) is 18.0 Å². The number of aromatic nitrogens is 3. The Balaban J connectivity index is 1.78. The molecule has 126 valence electrons. The molecule has 3 heterocycles. The predicted molar refractivity (Wildman–Crippen MR) is 86.9 cm³/mol. The van der Waals surface area contributed by atoms with Gasteiger partial charge in [-0.3, -0.25) is 14.8 Å². The van der Waals surface area contributed by atoms with Gasteiger partial charge in [-0.25, -0.2) is 22.2 Å². The first-order chi connectivity index (χ1) is 11.3. The highest BCUT2D eigenvalue weighted by atomic mass is 32.2. The highest BCUT2D eigenvalue weighted by Gasteiger charge is 2.27. The van der Waals surface area contributed by atoms with Crippen molar-refractivity contribution in [2.24, 2.45) is 4.99 Å². The van der Waals surface area contributed by atoms with E-state index < -0.39 is 21.7 Å². The Bertz CT molecular complexity index is 925. The van der Waals surface area contributed by atoms with Gasteiger partial charge in [0.15, 0.2) is 5.04 Å². The standard InChI is InChI=1S/C13H12FN5O3S2/c1-24(21,22)18-12(20)13-17-11(7-23-13)8-3-16-19(6-8)10-2-9(14)4-15-5-10/h2-6,11H,7H2,1H3,(H,18,20). The molecule has 0 bridgehead atoms. The number of rotatable bonds is 4. The molecule has 2 aromatic heterocycles. The van der Waals surface area contributed by atoms with E-state index in [1.165, 1.54) is 28.7 Å². The molecule has 0 spiro atoms. The number of sulfonamides is 1. The summed E-state index contributed by atoms with van der Waals surface area (Å²) in [5.41, 5.74) is 1.19. The second-order valence-corrected chi connectivity index (χ2v) is 7.80. The van der Waals surface area contributed by atoms with Gasteiger partial charge in [0.2, 0.25) is 10.0 Å². The SMILES string of the molecule is CS(=O)(=O)NC(=O)C1=NC(c2cnn(-c3cncc(F)c3)c2)CS1. The molecule has 1 atom stereocenters. The van der Waals surface area contributed by atoms with Crippen LogP contribution < -0.4 is 4.72 Å². The van der Waals surface area contributed by atoms with Crippen LogP contribution in [-0.2, 0) is 14.8 Å². The van der Waals surface area contributed by atoms with Crippen molar-refractivity contribution < 1.29 is 17.6 Å². The normalized spacial score (nSPS) is 17.6. The largest absolute Gasteiger partial charge is 0.289 e. The molecule has 0 radical (unpaired) electrons. The van der Waals surface area contributed by atoms with Crippen molar-refractivity contribution in [1.29, 1.82) is 0 Å². The van der Waals surface area contributed by atoms with Gasteiger partial charge in [0, 0.05) is 23.6 Å². The lowest BCUT2D eigenvalue weighted by Crippen LogP contribution is -2.33. The molecule has 11 heteroatoms. The highest BCUT2D eigenvalue weighted by Crippen LogP contribution is 2.30. The zero-order valence-corrected chi connectivity index (χ0v) is 14.0. The first-order valence-corrected chi connectivity index (χ1v) is 9.58. The van der Waals surface area contributed by atoms with E-state index in [9.17, 15) is 17.6 Å². The van der Waals surface area contributed by atoms with Crippen molar-refractivity contribution in [2.45, 2.75) is 6.04 Å². The van der Waals surface area contributed by atoms with E-state index in [1.807, 2.05) is 4.72 Å². The molecule has 0 saturated carbocycles. The van der Waals surface area contributed by atoms with Crippen molar-refractivity contribution >= 4 is 32.7 Å². The maximum absolute atomic E-state index is 13.2. The van der Waals surface area contributed by atoms with Crippen LogP contribution in [0.5, 0.6) is 0 Å². The van der Waals surface area contributed by atoms with Crippen LogP contribution in [0.3, 0.4) is 0 Å². The molecular formula is C13H12FN5O3S2. The summed E-state index contributed by atoms with van der Waals surface area (Å²) in [6.07, 6.45) is 6.70. The fourth-order valence-electron chi connectivity index (χ4n) is 2.06. The minimum absolute atomic E-state index is 0.102. The van der Waals surface area contributed by atoms with Crippen LogP contribution in [0.1, 0.15) is 11.6 Å². The summed E-state index contributed by atoms with van der Waals surface area (Å²) in [4.78, 5) is 19.8. The highest BCUT2D eigenvalue weighted by molar-refractivity contribution is 8.16. The monoisotopic (exact) mass is 369 g/mol. The average Bonchev–Trinajstić information content (AvgIpc) is 3.15. The van der Waals surface area contributed by atoms with Crippen molar-refractivity contribution in [1.82, 2.24) is 19.5 Å². The maximum atomic E-state index is 13.2. The number of hydrogen-bond acceptors (Lipinski definition) is 7. The molecule has 1 unspecified atom stereocenters. The van der Waals surface area contributed by atoms with E-state index in [0.29, 0.717) is 11.4 Å². The molecule has 1 aliphatic heterocycles. The van der Waals surface area contributed by atoms with Crippen LogP contribution in [0, 0.1) is 5.82 Å². The van der Waals surface area contributed by atoms with Crippen LogP contribution in [-0.4, -0.2) is 46.1 Å². The third kappa shape index (κ3) is 3.79. The van der Waals surface area contributed by atoms with Crippen molar-refractivity contribution in [3.63, 3.8) is 0 Å². The zero-order valence-electron chi connectivity index (χ0n) is 12.4. The number of halogens is 1. The lowest BCUT2D eigenvalue weighted by atomic mass is 10.2. The molecular weight excluding hydrogens is 357 g/mol. The summed E-state index contributed by atoms with van der Waals surface area (Å²) in [6.45, 7) is 0. The van der Waals surface area contributed by atoms with Gasteiger partial charge in [-0.05, 0) is 0 Å². The maximum Gasteiger partial charge on any atom is 0.289 e. The number of carbonyl (C=O) groups is 1. The van der Waals surface area contributed by atoms with Gasteiger partial charge >= 0.3 is 0 Å². The molecule has 3 rings (SSSR count). The number of hydrogen-bond donors (Lipinski definition) is 1. The number of carbonyl (C=O) groups excluding carboxylic acids is 1. The van der Waals surface area contributed by atoms with Gasteiger partial charge in [-0.2, -0.15) is 5.10 Å². The molecule has 24 heavy (non-hydrogen) atoms. The first-order valence-electron chi connectivity index (χ1n) is 6.70. The first kappa shape index (κ1) is 16.6. The molecule has 1 aliphatic rings. The number of nitrogens with one attached hydrogen (secondary N) is 1. The average molecular weight is 369 g/mol. The summed E-state index contributed by atoms with van der Waals surface area (Å²) in [5, 5.41) is 4.24. The number of amides is 1. The van der Waals surface area contributed by atoms with Crippen LogP contribution in [0.25, 0.3) is 5.69 Å². The Morgan fingerprint density at radius 2 is 2.21 bits per heavy atom. The van der Waals surface area contributed by atoms with Gasteiger partial charge in [0.25, 0.3) is 5.91 Å². The molecule has 8 nitrogen and oxygen atoms in total. The Hall–Kier alpha value is -2.27. The van der Waals surface area contributed by atoms with E-state index in [4.69, 9.17) is 0 Å². The smallest absolute Gasteiger partial charge is 0.266 e. The predicted octanol–water partition coefficient (Wildman–Crippen LogP) is 0.669. The quantitative estimate of drug-likeness (QED) is 0.849. The van der Waals surface area contributed by atoms with Crippen molar-refractivity contribution in [3.05, 3.63) is 42.2 Å². The lowest BCUT2D eigenvalue weighted by molar-refractivity contribution is -0.112. The fraction of sp³-hybridized carbons (Fsp3) is 0.231. The third-order valence-electron chi connectivity index (χ3n) is 3.07. The topological polar surface area (TPSA) is 106 Å². The summed E-state index contributed by atoms with van der Waals surface area (Å²) in [7, 11) is -3.63. The van der Waals surface area contributed by atoms with Gasteiger partial charge in [-0.1, -0.05) is 11.8 Å². The molecule has 2 aromatic rings. The second-order valence-electron chi connectivity index (χ2n) is 5.04. The summed E-state index contributed by atoms with van der Waals surface area (Å²) < 4.78 is 38.7. The van der Waals surface area contributed by atoms with Gasteiger partial charge in [0.05, 0.1) is 36.6 Å². The number of pyridine rings is 1. The van der Waals surface area contributed by atoms with E-state index in [1.54, 1.807) is 12.4 Å². The summed E-state index contributed by atoms with van der Waals surface area (Å²) >= 11 is 1.17. The summed E-state index contributed by atoms with van der Waals surface area (Å²) in [6, 6.07) is 0.965. The number of thioether (sulfide) groups is 1. The number of nitrogens with zero attached hydrogens (tertiary/aromatic N) is 4. The van der Waals surface area contributed by atoms with Crippen molar-refractivity contribution in [2.75, 3.05) is 12.0 Å². The molecule has 1 amide bonds. The lowest BCUT2D eigenvalue weighted by Gasteiger charge is -2.02. The molecule has 0 fully saturated rings. The van der Waals surface area contributed by atoms with Gasteiger partial charge < -0.3 is 0 Å². The molecule has 0 aromatic carbocycles. The van der Waals surface area contributed by atoms with E-state index in [-0.39, 0.29) is 11.1 Å². The van der Waals surface area contributed by atoms with Crippen LogP contribution >= 0.6 is 11.8 Å². The van der Waals surface area contributed by atoms with Crippen LogP contribution in [0.15, 0.2) is 35.8 Å². The molecule has 1 N–H and O–H groups in total. The minimum atomic E-state index is -3.63. The van der Waals surface area contributed by atoms with Crippen LogP contribution in [0.4, 0.5) is 4.39 Å². The van der Waals surface area contributed by atoms with Gasteiger partial charge in [0.1, 0.15) is 5.82 Å². The number of aliphatic imine (C=N–C) groups is 1. The van der Waals surface area contributed by atoms with Gasteiger partial charge in [-0.15, -0.1) is 0 Å². The Morgan fingerprint density at radius 1 is 1.42 bits per heavy atom. The Labute approximate surface area is 141 Å². The van der Waals surface area contributed by atoms with E-state index in [2.05, 4.69) is 15.1 Å². The molecule has 0 aliphatic carbocycles. The Kier molecular flexibility index (Phi) is 4.37. The molecule has 0 saturated heterocycles.